The third-order valence-corrected chi connectivity index (χ3v) is 4.66. The molecule has 0 aliphatic rings. The number of nitrogens with zero attached hydrogens (tertiary/aromatic N) is 1. The maximum atomic E-state index is 12.8. The zero-order valence-corrected chi connectivity index (χ0v) is 19.7. The van der Waals surface area contributed by atoms with Crippen molar-refractivity contribution in [1.29, 1.82) is 0 Å². The number of hydrogen-bond donors (Lipinski definition) is 5. The maximum absolute atomic E-state index is 12.8. The number of amides is 3. The Kier molecular flexibility index (Phi) is 11.2. The predicted molar refractivity (Wildman–Crippen MR) is 124 cm³/mol. The van der Waals surface area contributed by atoms with Crippen molar-refractivity contribution in [1.82, 2.24) is 20.3 Å². The summed E-state index contributed by atoms with van der Waals surface area (Å²) in [7, 11) is 0. The third-order valence-electron chi connectivity index (χ3n) is 4.50. The van der Waals surface area contributed by atoms with Gasteiger partial charge in [-0.3, -0.25) is 9.52 Å². The van der Waals surface area contributed by atoms with Gasteiger partial charge in [0.1, 0.15) is 0 Å². The lowest BCUT2D eigenvalue weighted by Gasteiger charge is -2.33. The molecule has 4 N–H and O–H groups in total. The molecule has 0 spiro atoms. The van der Waals surface area contributed by atoms with Crippen LogP contribution in [0.1, 0.15) is 46.6 Å². The van der Waals surface area contributed by atoms with Gasteiger partial charge in [0.05, 0.1) is 25.2 Å². The summed E-state index contributed by atoms with van der Waals surface area (Å²) < 4.78 is 2.52. The Morgan fingerprint density at radius 3 is 2.33 bits per heavy atom. The van der Waals surface area contributed by atoms with Gasteiger partial charge in [-0.25, -0.2) is 4.79 Å². The summed E-state index contributed by atoms with van der Waals surface area (Å²) in [6.45, 7) is 10.6. The summed E-state index contributed by atoms with van der Waals surface area (Å²) in [4.78, 5) is 26.6. The molecule has 0 aliphatic heterocycles. The van der Waals surface area contributed by atoms with Crippen molar-refractivity contribution < 1.29 is 14.7 Å². The van der Waals surface area contributed by atoms with Gasteiger partial charge in [0.2, 0.25) is 5.91 Å². The normalized spacial score (nSPS) is 13.6. The largest absolute Gasteiger partial charge is 0.389 e. The zero-order chi connectivity index (χ0) is 22.7. The minimum atomic E-state index is -0.924. The van der Waals surface area contributed by atoms with E-state index in [1.165, 1.54) is 0 Å². The van der Waals surface area contributed by atoms with Crippen molar-refractivity contribution in [2.24, 2.45) is 5.92 Å². The topological polar surface area (TPSA) is 93.7 Å². The molecule has 1 aromatic carbocycles. The first kappa shape index (κ1) is 26.3. The fourth-order valence-corrected chi connectivity index (χ4v) is 3.07. The minimum Gasteiger partial charge on any atom is -0.389 e. The van der Waals surface area contributed by atoms with Crippen LogP contribution in [0, 0.1) is 5.92 Å². The lowest BCUT2D eigenvalue weighted by atomic mass is 10.00. The monoisotopic (exact) mass is 438 g/mol. The van der Waals surface area contributed by atoms with E-state index in [0.717, 1.165) is 12.0 Å². The molecular formula is C22H38N4O3S. The standard InChI is InChI=1S/C22H38N4O3S/c1-16(2)11-12-26(21(29)25-22(3,4)5)15-19(27)18(24-20(28)14-23-30)13-17-9-7-6-8-10-17/h6-10,16,18-19,23,27,30H,11-15H2,1-5H3,(H,24,28)(H,25,29)/t18-,19+/m0/s1. The Labute approximate surface area is 186 Å². The van der Waals surface area contributed by atoms with E-state index in [2.05, 4.69) is 42.0 Å². The number of carbonyl (C=O) groups is 2. The van der Waals surface area contributed by atoms with Crippen LogP contribution in [-0.4, -0.2) is 59.3 Å². The first-order valence-corrected chi connectivity index (χ1v) is 10.9. The summed E-state index contributed by atoms with van der Waals surface area (Å²) in [6.07, 6.45) is 0.356. The van der Waals surface area contributed by atoms with Gasteiger partial charge in [0.25, 0.3) is 0 Å². The van der Waals surface area contributed by atoms with E-state index >= 15 is 0 Å². The van der Waals surface area contributed by atoms with Gasteiger partial charge in [-0.15, -0.1) is 0 Å². The van der Waals surface area contributed by atoms with E-state index in [-0.39, 0.29) is 30.6 Å². The average Bonchev–Trinajstić information content (AvgIpc) is 2.63. The Bertz CT molecular complexity index is 650. The smallest absolute Gasteiger partial charge is 0.317 e. The van der Waals surface area contributed by atoms with Crippen LogP contribution in [0.4, 0.5) is 4.79 Å². The van der Waals surface area contributed by atoms with Crippen molar-refractivity contribution >= 4 is 24.8 Å². The Morgan fingerprint density at radius 1 is 1.17 bits per heavy atom. The molecule has 0 saturated heterocycles. The molecular weight excluding hydrogens is 400 g/mol. The molecule has 8 heteroatoms. The van der Waals surface area contributed by atoms with Crippen molar-refractivity contribution in [2.45, 2.75) is 65.1 Å². The lowest BCUT2D eigenvalue weighted by Crippen LogP contribution is -2.55. The second-order valence-electron chi connectivity index (χ2n) is 9.07. The van der Waals surface area contributed by atoms with Crippen LogP contribution in [0.15, 0.2) is 30.3 Å². The molecule has 30 heavy (non-hydrogen) atoms. The molecule has 0 unspecified atom stereocenters. The van der Waals surface area contributed by atoms with Gasteiger partial charge in [0, 0.05) is 12.1 Å². The number of benzene rings is 1. The second-order valence-corrected chi connectivity index (χ2v) is 9.39. The summed E-state index contributed by atoms with van der Waals surface area (Å²) >= 11 is 3.87. The third kappa shape index (κ3) is 10.8. The molecule has 0 saturated carbocycles. The van der Waals surface area contributed by atoms with Crippen LogP contribution in [0.3, 0.4) is 0 Å². The van der Waals surface area contributed by atoms with Crippen LogP contribution >= 0.6 is 12.8 Å². The summed E-state index contributed by atoms with van der Waals surface area (Å²) in [5.74, 6) is 0.159. The molecule has 0 radical (unpaired) electrons. The fraction of sp³-hybridized carbons (Fsp3) is 0.636. The number of rotatable bonds is 11. The number of hydrogen-bond acceptors (Lipinski definition) is 5. The van der Waals surface area contributed by atoms with Gasteiger partial charge in [-0.1, -0.05) is 57.0 Å². The summed E-state index contributed by atoms with van der Waals surface area (Å²) in [6, 6.07) is 8.90. The van der Waals surface area contributed by atoms with Crippen molar-refractivity contribution in [3.63, 3.8) is 0 Å². The van der Waals surface area contributed by atoms with E-state index in [4.69, 9.17) is 0 Å². The number of aliphatic hydroxyl groups is 1. The van der Waals surface area contributed by atoms with Crippen LogP contribution < -0.4 is 15.4 Å². The van der Waals surface area contributed by atoms with Crippen LogP contribution in [0.5, 0.6) is 0 Å². The highest BCUT2D eigenvalue weighted by molar-refractivity contribution is 7.78. The molecule has 3 amide bonds. The van der Waals surface area contributed by atoms with Crippen molar-refractivity contribution in [3.05, 3.63) is 35.9 Å². The maximum Gasteiger partial charge on any atom is 0.317 e. The number of aliphatic hydroxyl groups excluding tert-OH is 1. The quantitative estimate of drug-likeness (QED) is 0.343. The lowest BCUT2D eigenvalue weighted by molar-refractivity contribution is -0.121. The first-order valence-electron chi connectivity index (χ1n) is 10.5. The fourth-order valence-electron chi connectivity index (χ4n) is 2.92. The minimum absolute atomic E-state index is 0.0305. The SMILES string of the molecule is CC(C)CCN(C[C@@H](O)[C@H](Cc1ccccc1)NC(=O)CNS)C(=O)NC(C)(C)C. The molecule has 0 fully saturated rings. The van der Waals surface area contributed by atoms with E-state index < -0.39 is 12.1 Å². The molecule has 1 aromatic rings. The molecule has 0 aromatic heterocycles. The summed E-state index contributed by atoms with van der Waals surface area (Å²) in [5, 5.41) is 16.8. The van der Waals surface area contributed by atoms with Crippen molar-refractivity contribution in [2.75, 3.05) is 19.6 Å². The number of nitrogens with one attached hydrogen (secondary N) is 3. The van der Waals surface area contributed by atoms with E-state index in [9.17, 15) is 14.7 Å². The molecule has 7 nitrogen and oxygen atoms in total. The van der Waals surface area contributed by atoms with Gasteiger partial charge < -0.3 is 20.6 Å². The van der Waals surface area contributed by atoms with Crippen molar-refractivity contribution in [3.8, 4) is 0 Å². The second kappa shape index (κ2) is 12.8. The van der Waals surface area contributed by atoms with E-state index in [1.807, 2.05) is 51.1 Å². The Balaban J connectivity index is 2.95. The van der Waals surface area contributed by atoms with Gasteiger partial charge in [-0.05, 0) is 45.1 Å². The average molecular weight is 439 g/mol. The molecule has 1 rings (SSSR count). The highest BCUT2D eigenvalue weighted by atomic mass is 32.1. The molecule has 0 aliphatic carbocycles. The predicted octanol–water partition coefficient (Wildman–Crippen LogP) is 2.37. The number of carbonyl (C=O) groups excluding carboxylic acids is 2. The Hall–Kier alpha value is -1.77. The molecule has 0 bridgehead atoms. The van der Waals surface area contributed by atoms with Gasteiger partial charge in [0.15, 0.2) is 0 Å². The Morgan fingerprint density at radius 2 is 1.80 bits per heavy atom. The van der Waals surface area contributed by atoms with E-state index in [1.54, 1.807) is 4.90 Å². The highest BCUT2D eigenvalue weighted by Gasteiger charge is 2.27. The van der Waals surface area contributed by atoms with Gasteiger partial charge in [-0.2, -0.15) is 0 Å². The molecule has 2 atom stereocenters. The summed E-state index contributed by atoms with van der Waals surface area (Å²) in [5.41, 5.74) is 0.613. The van der Waals surface area contributed by atoms with Gasteiger partial charge >= 0.3 is 6.03 Å². The first-order chi connectivity index (χ1) is 14.0. The highest BCUT2D eigenvalue weighted by Crippen LogP contribution is 2.11. The van der Waals surface area contributed by atoms with Crippen LogP contribution in [0.2, 0.25) is 0 Å². The van der Waals surface area contributed by atoms with E-state index in [0.29, 0.717) is 18.9 Å². The molecule has 0 heterocycles. The number of urea groups is 1. The number of thiol groups is 1. The molecule has 170 valence electrons. The van der Waals surface area contributed by atoms with Crippen LogP contribution in [-0.2, 0) is 11.2 Å². The zero-order valence-electron chi connectivity index (χ0n) is 18.8. The van der Waals surface area contributed by atoms with Crippen LogP contribution in [0.25, 0.3) is 0 Å².